The highest BCUT2D eigenvalue weighted by atomic mass is 16.5. The largest absolute Gasteiger partial charge is 0.490 e. The van der Waals surface area contributed by atoms with Crippen LogP contribution in [0.2, 0.25) is 0 Å². The van der Waals surface area contributed by atoms with Gasteiger partial charge in [0.05, 0.1) is 20.3 Å². The molecule has 7 nitrogen and oxygen atoms in total. The smallest absolute Gasteiger partial charge is 0.328 e. The number of amides is 1. The number of carbonyl (C=O) groups excluding carboxylic acids is 2. The lowest BCUT2D eigenvalue weighted by Crippen LogP contribution is -2.43. The van der Waals surface area contributed by atoms with Gasteiger partial charge in [0, 0.05) is 29.1 Å². The van der Waals surface area contributed by atoms with Crippen molar-refractivity contribution in [3.05, 3.63) is 59.8 Å². The van der Waals surface area contributed by atoms with E-state index >= 15 is 0 Å². The first-order valence-electron chi connectivity index (χ1n) is 10.4. The number of aromatic nitrogens is 1. The van der Waals surface area contributed by atoms with Crippen molar-refractivity contribution in [2.45, 2.75) is 32.7 Å². The molecule has 0 radical (unpaired) electrons. The Bertz CT molecular complexity index is 1040. The predicted molar refractivity (Wildman–Crippen MR) is 119 cm³/mol. The maximum atomic E-state index is 12.9. The van der Waals surface area contributed by atoms with E-state index in [0.29, 0.717) is 36.7 Å². The van der Waals surface area contributed by atoms with Crippen molar-refractivity contribution < 1.29 is 23.8 Å². The molecule has 0 saturated heterocycles. The van der Waals surface area contributed by atoms with E-state index < -0.39 is 17.9 Å². The van der Waals surface area contributed by atoms with Crippen LogP contribution in [-0.4, -0.2) is 43.2 Å². The van der Waals surface area contributed by atoms with Gasteiger partial charge in [-0.1, -0.05) is 25.1 Å². The summed E-state index contributed by atoms with van der Waals surface area (Å²) in [6.07, 6.45) is 3.01. The fourth-order valence-electron chi connectivity index (χ4n) is 3.35. The third-order valence-corrected chi connectivity index (χ3v) is 4.86. The molecule has 0 bridgehead atoms. The minimum Gasteiger partial charge on any atom is -0.490 e. The molecule has 1 amide bonds. The molecule has 2 N–H and O–H groups in total. The number of H-pyrrole nitrogens is 1. The SMILES string of the molecule is CCCOc1ccc(C(=O)N[C@H](Cc2c[nH]c3ccccc23)C(=O)OC)cc1OCC. The van der Waals surface area contributed by atoms with E-state index in [-0.39, 0.29) is 0 Å². The minimum absolute atomic E-state index is 0.304. The van der Waals surface area contributed by atoms with E-state index in [0.717, 1.165) is 22.9 Å². The molecular formula is C24H28N2O5. The van der Waals surface area contributed by atoms with E-state index in [1.165, 1.54) is 7.11 Å². The molecule has 0 saturated carbocycles. The summed E-state index contributed by atoms with van der Waals surface area (Å²) < 4.78 is 16.2. The van der Waals surface area contributed by atoms with Crippen molar-refractivity contribution in [3.63, 3.8) is 0 Å². The van der Waals surface area contributed by atoms with E-state index in [1.54, 1.807) is 18.2 Å². The Morgan fingerprint density at radius 3 is 2.61 bits per heavy atom. The summed E-state index contributed by atoms with van der Waals surface area (Å²) in [6.45, 7) is 4.88. The topological polar surface area (TPSA) is 89.7 Å². The lowest BCUT2D eigenvalue weighted by Gasteiger charge is -2.17. The van der Waals surface area contributed by atoms with Crippen LogP contribution in [0.15, 0.2) is 48.7 Å². The molecule has 0 aliphatic heterocycles. The molecule has 1 atom stereocenters. The molecule has 31 heavy (non-hydrogen) atoms. The second kappa shape index (κ2) is 10.5. The van der Waals surface area contributed by atoms with Crippen LogP contribution in [0.3, 0.4) is 0 Å². The van der Waals surface area contributed by atoms with Crippen molar-refractivity contribution in [1.82, 2.24) is 10.3 Å². The highest BCUT2D eigenvalue weighted by molar-refractivity contribution is 5.97. The van der Waals surface area contributed by atoms with Crippen LogP contribution < -0.4 is 14.8 Å². The quantitative estimate of drug-likeness (QED) is 0.482. The lowest BCUT2D eigenvalue weighted by atomic mass is 10.0. The van der Waals surface area contributed by atoms with E-state index in [1.807, 2.05) is 44.3 Å². The zero-order chi connectivity index (χ0) is 22.2. The summed E-state index contributed by atoms with van der Waals surface area (Å²) in [7, 11) is 1.31. The van der Waals surface area contributed by atoms with Crippen molar-refractivity contribution in [2.24, 2.45) is 0 Å². The van der Waals surface area contributed by atoms with Gasteiger partial charge in [-0.2, -0.15) is 0 Å². The van der Waals surface area contributed by atoms with Crippen molar-refractivity contribution >= 4 is 22.8 Å². The molecule has 0 unspecified atom stereocenters. The first-order valence-corrected chi connectivity index (χ1v) is 10.4. The highest BCUT2D eigenvalue weighted by Gasteiger charge is 2.24. The normalized spacial score (nSPS) is 11.7. The number of hydrogen-bond donors (Lipinski definition) is 2. The maximum Gasteiger partial charge on any atom is 0.328 e. The van der Waals surface area contributed by atoms with Gasteiger partial charge in [-0.05, 0) is 43.2 Å². The number of benzene rings is 2. The Morgan fingerprint density at radius 2 is 1.87 bits per heavy atom. The van der Waals surface area contributed by atoms with E-state index in [2.05, 4.69) is 10.3 Å². The van der Waals surface area contributed by atoms with E-state index in [9.17, 15) is 9.59 Å². The number of aromatic amines is 1. The summed E-state index contributed by atoms with van der Waals surface area (Å²) in [6, 6.07) is 12.0. The summed E-state index contributed by atoms with van der Waals surface area (Å²) in [4.78, 5) is 28.5. The Labute approximate surface area is 181 Å². The molecule has 1 heterocycles. The molecule has 1 aromatic heterocycles. The Hall–Kier alpha value is -3.48. The summed E-state index contributed by atoms with van der Waals surface area (Å²) in [5.74, 6) is 0.184. The summed E-state index contributed by atoms with van der Waals surface area (Å²) in [5, 5.41) is 3.80. The number of fused-ring (bicyclic) bond motifs is 1. The molecule has 0 spiro atoms. The van der Waals surface area contributed by atoms with Gasteiger partial charge in [0.2, 0.25) is 0 Å². The van der Waals surface area contributed by atoms with Gasteiger partial charge in [-0.15, -0.1) is 0 Å². The summed E-state index contributed by atoms with van der Waals surface area (Å²) >= 11 is 0. The molecule has 164 valence electrons. The lowest BCUT2D eigenvalue weighted by molar-refractivity contribution is -0.142. The third-order valence-electron chi connectivity index (χ3n) is 4.86. The van der Waals surface area contributed by atoms with Gasteiger partial charge in [0.1, 0.15) is 6.04 Å². The van der Waals surface area contributed by atoms with Gasteiger partial charge in [-0.25, -0.2) is 4.79 Å². The van der Waals surface area contributed by atoms with Crippen molar-refractivity contribution in [3.8, 4) is 11.5 Å². The molecule has 2 aromatic carbocycles. The number of rotatable bonds is 10. The second-order valence-corrected chi connectivity index (χ2v) is 7.06. The molecule has 3 rings (SSSR count). The number of carbonyl (C=O) groups is 2. The fraction of sp³-hybridized carbons (Fsp3) is 0.333. The van der Waals surface area contributed by atoms with Crippen LogP contribution in [0.1, 0.15) is 36.2 Å². The maximum absolute atomic E-state index is 12.9. The van der Waals surface area contributed by atoms with Crippen molar-refractivity contribution in [2.75, 3.05) is 20.3 Å². The van der Waals surface area contributed by atoms with Crippen LogP contribution in [0.5, 0.6) is 11.5 Å². The van der Waals surface area contributed by atoms with E-state index in [4.69, 9.17) is 14.2 Å². The van der Waals surface area contributed by atoms with Crippen LogP contribution in [0, 0.1) is 0 Å². The van der Waals surface area contributed by atoms with Gasteiger partial charge in [0.15, 0.2) is 11.5 Å². The van der Waals surface area contributed by atoms with Gasteiger partial charge in [-0.3, -0.25) is 4.79 Å². The molecule has 0 fully saturated rings. The summed E-state index contributed by atoms with van der Waals surface area (Å²) in [5.41, 5.74) is 2.27. The standard InChI is InChI=1S/C24H28N2O5/c1-4-12-31-21-11-10-16(14-22(21)30-5-2)23(27)26-20(24(28)29-3)13-17-15-25-19-9-7-6-8-18(17)19/h6-11,14-15,20,25H,4-5,12-13H2,1-3H3,(H,26,27)/t20-/m1/s1. The Balaban J connectivity index is 1.80. The number of nitrogens with one attached hydrogen (secondary N) is 2. The van der Waals surface area contributed by atoms with Gasteiger partial charge >= 0.3 is 5.97 Å². The molecular weight excluding hydrogens is 396 g/mol. The second-order valence-electron chi connectivity index (χ2n) is 7.06. The number of hydrogen-bond acceptors (Lipinski definition) is 5. The average molecular weight is 424 g/mol. The van der Waals surface area contributed by atoms with Crippen LogP contribution in [-0.2, 0) is 16.0 Å². The van der Waals surface area contributed by atoms with Crippen LogP contribution >= 0.6 is 0 Å². The number of esters is 1. The predicted octanol–water partition coefficient (Wildman–Crippen LogP) is 3.87. The third kappa shape index (κ3) is 5.36. The number of methoxy groups -OCH3 is 1. The Morgan fingerprint density at radius 1 is 1.06 bits per heavy atom. The molecule has 7 heteroatoms. The van der Waals surface area contributed by atoms with Gasteiger partial charge in [0.25, 0.3) is 5.91 Å². The van der Waals surface area contributed by atoms with Gasteiger partial charge < -0.3 is 24.5 Å². The highest BCUT2D eigenvalue weighted by Crippen LogP contribution is 2.29. The molecule has 0 aliphatic carbocycles. The average Bonchev–Trinajstić information content (AvgIpc) is 3.20. The zero-order valence-corrected chi connectivity index (χ0v) is 18.1. The fourth-order valence-corrected chi connectivity index (χ4v) is 3.35. The van der Waals surface area contributed by atoms with Crippen LogP contribution in [0.25, 0.3) is 10.9 Å². The minimum atomic E-state index is -0.830. The first kappa shape index (κ1) is 22.2. The molecule has 3 aromatic rings. The first-order chi connectivity index (χ1) is 15.1. The Kier molecular flexibility index (Phi) is 7.54. The number of para-hydroxylation sites is 1. The van der Waals surface area contributed by atoms with Crippen molar-refractivity contribution in [1.29, 1.82) is 0 Å². The monoisotopic (exact) mass is 424 g/mol. The number of ether oxygens (including phenoxy) is 3. The van der Waals surface area contributed by atoms with Crippen LogP contribution in [0.4, 0.5) is 0 Å². The molecule has 0 aliphatic rings. The zero-order valence-electron chi connectivity index (χ0n) is 18.1.